The molecule has 2 aromatic carbocycles. The number of methoxy groups -OCH3 is 1. The third kappa shape index (κ3) is 6.05. The molecule has 7 heteroatoms. The van der Waals surface area contributed by atoms with Gasteiger partial charge in [-0.1, -0.05) is 34.1 Å². The zero-order valence-electron chi connectivity index (χ0n) is 16.6. The van der Waals surface area contributed by atoms with Gasteiger partial charge in [-0.15, -0.1) is 0 Å². The maximum atomic E-state index is 13.2. The van der Waals surface area contributed by atoms with Crippen molar-refractivity contribution in [2.24, 2.45) is 0 Å². The van der Waals surface area contributed by atoms with E-state index in [0.717, 1.165) is 28.9 Å². The molecule has 1 aliphatic rings. The second-order valence-electron chi connectivity index (χ2n) is 6.97. The molecule has 0 unspecified atom stereocenters. The molecule has 3 rings (SSSR count). The Hall–Kier alpha value is -2.38. The van der Waals surface area contributed by atoms with Crippen LogP contribution in [0.2, 0.25) is 0 Å². The Balaban J connectivity index is 1.74. The fourth-order valence-corrected chi connectivity index (χ4v) is 3.75. The van der Waals surface area contributed by atoms with Crippen molar-refractivity contribution < 1.29 is 14.3 Å². The second-order valence-corrected chi connectivity index (χ2v) is 7.89. The molecule has 1 heterocycles. The lowest BCUT2D eigenvalue weighted by Crippen LogP contribution is -2.47. The minimum Gasteiger partial charge on any atom is -0.497 e. The average Bonchev–Trinajstić information content (AvgIpc) is 2.76. The number of carbonyl (C=O) groups excluding carboxylic acids is 2. The number of halogens is 1. The van der Waals surface area contributed by atoms with Gasteiger partial charge in [0.05, 0.1) is 7.11 Å². The molecule has 0 spiro atoms. The van der Waals surface area contributed by atoms with Gasteiger partial charge in [-0.2, -0.15) is 0 Å². The van der Waals surface area contributed by atoms with E-state index in [1.807, 2.05) is 41.3 Å². The van der Waals surface area contributed by atoms with Crippen molar-refractivity contribution in [3.8, 4) is 5.75 Å². The largest absolute Gasteiger partial charge is 0.497 e. The van der Waals surface area contributed by atoms with Crippen LogP contribution in [0, 0.1) is 0 Å². The summed E-state index contributed by atoms with van der Waals surface area (Å²) in [4.78, 5) is 29.4. The monoisotopic (exact) mass is 459 g/mol. The van der Waals surface area contributed by atoms with E-state index in [4.69, 9.17) is 4.74 Å². The number of piperazine rings is 1. The summed E-state index contributed by atoms with van der Waals surface area (Å²) in [7, 11) is 1.62. The SMILES string of the molecule is COc1cccc(CN(CCC(=O)N2CCNCC2)C(=O)c2cccc(Br)c2)c1. The number of rotatable bonds is 7. The number of benzene rings is 2. The maximum absolute atomic E-state index is 13.2. The molecular formula is C22H26BrN3O3. The molecule has 1 saturated heterocycles. The summed E-state index contributed by atoms with van der Waals surface area (Å²) in [5, 5.41) is 3.25. The Bertz CT molecular complexity index is 853. The summed E-state index contributed by atoms with van der Waals surface area (Å²) >= 11 is 3.43. The van der Waals surface area contributed by atoms with Crippen LogP contribution in [0.1, 0.15) is 22.3 Å². The molecule has 2 aromatic rings. The molecule has 0 radical (unpaired) electrons. The molecule has 0 saturated carbocycles. The Morgan fingerprint density at radius 3 is 2.62 bits per heavy atom. The highest BCUT2D eigenvalue weighted by atomic mass is 79.9. The summed E-state index contributed by atoms with van der Waals surface area (Å²) in [5.41, 5.74) is 1.55. The van der Waals surface area contributed by atoms with Gasteiger partial charge in [-0.3, -0.25) is 9.59 Å². The van der Waals surface area contributed by atoms with Gasteiger partial charge in [0.15, 0.2) is 0 Å². The van der Waals surface area contributed by atoms with Crippen molar-refractivity contribution in [1.82, 2.24) is 15.1 Å². The van der Waals surface area contributed by atoms with E-state index in [0.29, 0.717) is 38.2 Å². The van der Waals surface area contributed by atoms with Crippen molar-refractivity contribution in [3.05, 3.63) is 64.1 Å². The van der Waals surface area contributed by atoms with Crippen molar-refractivity contribution in [2.75, 3.05) is 39.8 Å². The van der Waals surface area contributed by atoms with Crippen LogP contribution in [0.15, 0.2) is 53.0 Å². The van der Waals surface area contributed by atoms with Crippen molar-refractivity contribution in [3.63, 3.8) is 0 Å². The zero-order chi connectivity index (χ0) is 20.6. The standard InChI is InChI=1S/C22H26BrN3O3/c1-29-20-7-2-4-17(14-20)16-26(22(28)18-5-3-6-19(23)15-18)11-8-21(27)25-12-9-24-10-13-25/h2-7,14-15,24H,8-13,16H2,1H3. The third-order valence-corrected chi connectivity index (χ3v) is 5.42. The van der Waals surface area contributed by atoms with E-state index in [-0.39, 0.29) is 11.8 Å². The van der Waals surface area contributed by atoms with Crippen LogP contribution < -0.4 is 10.1 Å². The predicted molar refractivity (Wildman–Crippen MR) is 116 cm³/mol. The molecule has 1 fully saturated rings. The zero-order valence-corrected chi connectivity index (χ0v) is 18.2. The number of hydrogen-bond acceptors (Lipinski definition) is 4. The van der Waals surface area contributed by atoms with Gasteiger partial charge in [0.1, 0.15) is 5.75 Å². The van der Waals surface area contributed by atoms with Gasteiger partial charge in [0, 0.05) is 55.7 Å². The number of nitrogens with one attached hydrogen (secondary N) is 1. The highest BCUT2D eigenvalue weighted by molar-refractivity contribution is 9.10. The van der Waals surface area contributed by atoms with E-state index >= 15 is 0 Å². The Morgan fingerprint density at radius 1 is 1.14 bits per heavy atom. The summed E-state index contributed by atoms with van der Waals surface area (Å²) in [6.45, 7) is 3.85. The molecule has 0 atom stereocenters. The molecule has 6 nitrogen and oxygen atoms in total. The minimum atomic E-state index is -0.0952. The molecule has 0 aromatic heterocycles. The predicted octanol–water partition coefficient (Wildman–Crippen LogP) is 2.92. The molecule has 1 aliphatic heterocycles. The molecule has 0 aliphatic carbocycles. The number of carbonyl (C=O) groups is 2. The number of nitrogens with zero attached hydrogens (tertiary/aromatic N) is 2. The molecular weight excluding hydrogens is 434 g/mol. The second kappa shape index (κ2) is 10.4. The maximum Gasteiger partial charge on any atom is 0.254 e. The summed E-state index contributed by atoms with van der Waals surface area (Å²) < 4.78 is 6.15. The van der Waals surface area contributed by atoms with E-state index in [1.54, 1.807) is 24.1 Å². The van der Waals surface area contributed by atoms with Crippen molar-refractivity contribution in [2.45, 2.75) is 13.0 Å². The Morgan fingerprint density at radius 2 is 1.90 bits per heavy atom. The van der Waals surface area contributed by atoms with Crippen LogP contribution in [0.3, 0.4) is 0 Å². The first-order valence-corrected chi connectivity index (χ1v) is 10.5. The van der Waals surface area contributed by atoms with Crippen LogP contribution >= 0.6 is 15.9 Å². The molecule has 2 amide bonds. The average molecular weight is 460 g/mol. The van der Waals surface area contributed by atoms with Crippen LogP contribution in [0.5, 0.6) is 5.75 Å². The highest BCUT2D eigenvalue weighted by Gasteiger charge is 2.21. The lowest BCUT2D eigenvalue weighted by Gasteiger charge is -2.29. The molecule has 29 heavy (non-hydrogen) atoms. The fraction of sp³-hybridized carbons (Fsp3) is 0.364. The first-order valence-electron chi connectivity index (χ1n) is 9.73. The summed E-state index contributed by atoms with van der Waals surface area (Å²) in [6, 6.07) is 15.0. The highest BCUT2D eigenvalue weighted by Crippen LogP contribution is 2.18. The van der Waals surface area contributed by atoms with Gasteiger partial charge in [0.2, 0.25) is 5.91 Å². The van der Waals surface area contributed by atoms with Gasteiger partial charge in [-0.05, 0) is 35.9 Å². The molecule has 154 valence electrons. The lowest BCUT2D eigenvalue weighted by atomic mass is 10.1. The summed E-state index contributed by atoms with van der Waals surface area (Å²) in [5.74, 6) is 0.737. The first kappa shape index (κ1) is 21.3. The van der Waals surface area contributed by atoms with Crippen molar-refractivity contribution in [1.29, 1.82) is 0 Å². The van der Waals surface area contributed by atoms with Crippen molar-refractivity contribution >= 4 is 27.7 Å². The Kier molecular flexibility index (Phi) is 7.66. The van der Waals surface area contributed by atoms with E-state index in [1.165, 1.54) is 0 Å². The third-order valence-electron chi connectivity index (χ3n) is 4.93. The number of ether oxygens (including phenoxy) is 1. The summed E-state index contributed by atoms with van der Waals surface area (Å²) in [6.07, 6.45) is 0.309. The minimum absolute atomic E-state index is 0.0872. The van der Waals surface area contributed by atoms with E-state index < -0.39 is 0 Å². The van der Waals surface area contributed by atoms with Gasteiger partial charge >= 0.3 is 0 Å². The molecule has 1 N–H and O–H groups in total. The van der Waals surface area contributed by atoms with E-state index in [2.05, 4.69) is 21.2 Å². The van der Waals surface area contributed by atoms with Gasteiger partial charge < -0.3 is 19.9 Å². The quantitative estimate of drug-likeness (QED) is 0.691. The normalized spacial score (nSPS) is 13.8. The fourth-order valence-electron chi connectivity index (χ4n) is 3.35. The van der Waals surface area contributed by atoms with Crippen LogP contribution in [-0.2, 0) is 11.3 Å². The smallest absolute Gasteiger partial charge is 0.254 e. The van der Waals surface area contributed by atoms with Crippen LogP contribution in [-0.4, -0.2) is 61.4 Å². The van der Waals surface area contributed by atoms with Crippen LogP contribution in [0.4, 0.5) is 0 Å². The van der Waals surface area contributed by atoms with E-state index in [9.17, 15) is 9.59 Å². The first-order chi connectivity index (χ1) is 14.1. The number of hydrogen-bond donors (Lipinski definition) is 1. The van der Waals surface area contributed by atoms with Gasteiger partial charge in [0.25, 0.3) is 5.91 Å². The lowest BCUT2D eigenvalue weighted by molar-refractivity contribution is -0.132. The Labute approximate surface area is 180 Å². The topological polar surface area (TPSA) is 61.9 Å². The van der Waals surface area contributed by atoms with Crippen LogP contribution in [0.25, 0.3) is 0 Å². The van der Waals surface area contributed by atoms with Gasteiger partial charge in [-0.25, -0.2) is 0 Å². The molecule has 0 bridgehead atoms. The number of amides is 2.